The van der Waals surface area contributed by atoms with Crippen molar-refractivity contribution in [3.05, 3.63) is 29.3 Å². The molecule has 1 aromatic rings. The van der Waals surface area contributed by atoms with Crippen LogP contribution in [-0.4, -0.2) is 26.3 Å². The first-order valence-electron chi connectivity index (χ1n) is 7.16. The lowest BCUT2D eigenvalue weighted by molar-refractivity contribution is -0.0514. The van der Waals surface area contributed by atoms with Crippen molar-refractivity contribution in [1.82, 2.24) is 5.32 Å². The summed E-state index contributed by atoms with van der Waals surface area (Å²) in [5, 5.41) is 3.31. The van der Waals surface area contributed by atoms with Gasteiger partial charge in [-0.2, -0.15) is 8.78 Å². The van der Waals surface area contributed by atoms with Crippen molar-refractivity contribution in [1.29, 1.82) is 0 Å². The largest absolute Gasteiger partial charge is 0.490 e. The molecule has 0 aliphatic heterocycles. The van der Waals surface area contributed by atoms with Gasteiger partial charge in [-0.25, -0.2) is 0 Å². The SMILES string of the molecule is CCCNCC(C)=Cc1ccc(OC(F)F)c(OCC)c1. The van der Waals surface area contributed by atoms with Gasteiger partial charge in [-0.15, -0.1) is 0 Å². The number of nitrogens with one attached hydrogen (secondary N) is 1. The summed E-state index contributed by atoms with van der Waals surface area (Å²) in [6.07, 6.45) is 3.08. The molecule has 1 N–H and O–H groups in total. The van der Waals surface area contributed by atoms with E-state index in [-0.39, 0.29) is 5.75 Å². The molecule has 0 aromatic heterocycles. The summed E-state index contributed by atoms with van der Waals surface area (Å²) in [4.78, 5) is 0. The standard InChI is InChI=1S/C16H23F2NO2/c1-4-8-19-11-12(3)9-13-6-7-14(21-16(17)18)15(10-13)20-5-2/h6-7,9-10,16,19H,4-5,8,11H2,1-3H3. The quantitative estimate of drug-likeness (QED) is 0.697. The Balaban J connectivity index is 2.83. The number of rotatable bonds is 9. The predicted molar refractivity (Wildman–Crippen MR) is 81.1 cm³/mol. The van der Waals surface area contributed by atoms with Crippen LogP contribution in [0.5, 0.6) is 11.5 Å². The third kappa shape index (κ3) is 6.58. The third-order valence-electron chi connectivity index (χ3n) is 2.73. The second-order valence-corrected chi connectivity index (χ2v) is 4.69. The van der Waals surface area contributed by atoms with E-state index in [0.717, 1.165) is 30.6 Å². The lowest BCUT2D eigenvalue weighted by Gasteiger charge is -2.12. The van der Waals surface area contributed by atoms with Crippen LogP contribution in [-0.2, 0) is 0 Å². The van der Waals surface area contributed by atoms with E-state index in [1.807, 2.05) is 13.0 Å². The van der Waals surface area contributed by atoms with Gasteiger partial charge in [-0.1, -0.05) is 24.6 Å². The van der Waals surface area contributed by atoms with Crippen LogP contribution < -0.4 is 14.8 Å². The van der Waals surface area contributed by atoms with Crippen LogP contribution in [0.15, 0.2) is 23.8 Å². The molecule has 21 heavy (non-hydrogen) atoms. The average molecular weight is 299 g/mol. The molecule has 0 saturated carbocycles. The lowest BCUT2D eigenvalue weighted by Crippen LogP contribution is -2.16. The molecule has 0 spiro atoms. The van der Waals surface area contributed by atoms with Gasteiger partial charge in [0.1, 0.15) is 0 Å². The first kappa shape index (κ1) is 17.4. The monoisotopic (exact) mass is 299 g/mol. The number of alkyl halides is 2. The van der Waals surface area contributed by atoms with E-state index in [9.17, 15) is 8.78 Å². The Morgan fingerprint density at radius 3 is 2.67 bits per heavy atom. The summed E-state index contributed by atoms with van der Waals surface area (Å²) in [6.45, 7) is 5.24. The molecule has 0 fully saturated rings. The highest BCUT2D eigenvalue weighted by molar-refractivity contribution is 5.58. The summed E-state index contributed by atoms with van der Waals surface area (Å²) < 4.78 is 34.5. The first-order chi connectivity index (χ1) is 10.1. The summed E-state index contributed by atoms with van der Waals surface area (Å²) in [5.41, 5.74) is 2.06. The fourth-order valence-electron chi connectivity index (χ4n) is 1.87. The van der Waals surface area contributed by atoms with E-state index in [4.69, 9.17) is 4.74 Å². The van der Waals surface area contributed by atoms with E-state index in [1.165, 1.54) is 6.07 Å². The predicted octanol–water partition coefficient (Wildman–Crippen LogP) is 4.09. The molecule has 118 valence electrons. The normalized spacial score (nSPS) is 11.8. The van der Waals surface area contributed by atoms with Gasteiger partial charge in [-0.3, -0.25) is 0 Å². The van der Waals surface area contributed by atoms with Crippen molar-refractivity contribution in [2.24, 2.45) is 0 Å². The van der Waals surface area contributed by atoms with E-state index in [1.54, 1.807) is 19.1 Å². The van der Waals surface area contributed by atoms with Gasteiger partial charge < -0.3 is 14.8 Å². The Labute approximate surface area is 124 Å². The second kappa shape index (κ2) is 9.34. The van der Waals surface area contributed by atoms with Gasteiger partial charge in [0.25, 0.3) is 0 Å². The number of hydrogen-bond donors (Lipinski definition) is 1. The highest BCUT2D eigenvalue weighted by Gasteiger charge is 2.11. The fraction of sp³-hybridized carbons (Fsp3) is 0.500. The fourth-order valence-corrected chi connectivity index (χ4v) is 1.87. The Morgan fingerprint density at radius 1 is 1.29 bits per heavy atom. The summed E-state index contributed by atoms with van der Waals surface area (Å²) in [5.74, 6) is 0.395. The minimum absolute atomic E-state index is 0.0609. The third-order valence-corrected chi connectivity index (χ3v) is 2.73. The molecule has 5 heteroatoms. The molecule has 3 nitrogen and oxygen atoms in total. The van der Waals surface area contributed by atoms with Crippen LogP contribution in [0, 0.1) is 0 Å². The molecule has 1 rings (SSSR count). The van der Waals surface area contributed by atoms with Crippen molar-refractivity contribution in [3.8, 4) is 11.5 Å². The molecule has 0 unspecified atom stereocenters. The molecular formula is C16H23F2NO2. The molecule has 1 aromatic carbocycles. The smallest absolute Gasteiger partial charge is 0.387 e. The van der Waals surface area contributed by atoms with Crippen LogP contribution >= 0.6 is 0 Å². The molecule has 0 aliphatic carbocycles. The maximum absolute atomic E-state index is 12.3. The summed E-state index contributed by atoms with van der Waals surface area (Å²) in [7, 11) is 0. The Bertz CT molecular complexity index is 462. The molecule has 0 heterocycles. The minimum atomic E-state index is -2.86. The van der Waals surface area contributed by atoms with Crippen molar-refractivity contribution in [2.45, 2.75) is 33.8 Å². The van der Waals surface area contributed by atoms with Crippen molar-refractivity contribution in [2.75, 3.05) is 19.7 Å². The van der Waals surface area contributed by atoms with Crippen LogP contribution in [0.1, 0.15) is 32.8 Å². The van der Waals surface area contributed by atoms with Gasteiger partial charge >= 0.3 is 6.61 Å². The van der Waals surface area contributed by atoms with Crippen LogP contribution in [0.25, 0.3) is 6.08 Å². The van der Waals surface area contributed by atoms with Gasteiger partial charge in [0.05, 0.1) is 6.61 Å². The zero-order valence-electron chi connectivity index (χ0n) is 12.8. The van der Waals surface area contributed by atoms with Crippen LogP contribution in [0.2, 0.25) is 0 Å². The maximum Gasteiger partial charge on any atom is 0.387 e. The number of benzene rings is 1. The van der Waals surface area contributed by atoms with Crippen molar-refractivity contribution >= 4 is 6.08 Å². The van der Waals surface area contributed by atoms with Gasteiger partial charge in [0.15, 0.2) is 11.5 Å². The van der Waals surface area contributed by atoms with Gasteiger partial charge in [0.2, 0.25) is 0 Å². The van der Waals surface area contributed by atoms with Gasteiger partial charge in [0, 0.05) is 6.54 Å². The Kier molecular flexibility index (Phi) is 7.75. The number of hydrogen-bond acceptors (Lipinski definition) is 3. The average Bonchev–Trinajstić information content (AvgIpc) is 2.42. The molecule has 0 radical (unpaired) electrons. The Morgan fingerprint density at radius 2 is 2.05 bits per heavy atom. The minimum Gasteiger partial charge on any atom is -0.490 e. The number of halogens is 2. The van der Waals surface area contributed by atoms with E-state index in [2.05, 4.69) is 17.0 Å². The van der Waals surface area contributed by atoms with E-state index < -0.39 is 6.61 Å². The molecule has 0 bridgehead atoms. The summed E-state index contributed by atoms with van der Waals surface area (Å²) >= 11 is 0. The Hall–Kier alpha value is -1.62. The highest BCUT2D eigenvalue weighted by Crippen LogP contribution is 2.30. The second-order valence-electron chi connectivity index (χ2n) is 4.69. The maximum atomic E-state index is 12.3. The molecule has 0 aliphatic rings. The molecule has 0 saturated heterocycles. The molecule has 0 atom stereocenters. The highest BCUT2D eigenvalue weighted by atomic mass is 19.3. The topological polar surface area (TPSA) is 30.5 Å². The van der Waals surface area contributed by atoms with Crippen LogP contribution in [0.3, 0.4) is 0 Å². The van der Waals surface area contributed by atoms with Crippen LogP contribution in [0.4, 0.5) is 8.78 Å². The first-order valence-corrected chi connectivity index (χ1v) is 7.16. The zero-order valence-corrected chi connectivity index (χ0v) is 12.8. The van der Waals surface area contributed by atoms with Gasteiger partial charge in [-0.05, 0) is 44.5 Å². The van der Waals surface area contributed by atoms with Crippen molar-refractivity contribution < 1.29 is 18.3 Å². The lowest BCUT2D eigenvalue weighted by atomic mass is 10.1. The summed E-state index contributed by atoms with van der Waals surface area (Å²) in [6, 6.07) is 4.96. The van der Waals surface area contributed by atoms with E-state index >= 15 is 0 Å². The molecular weight excluding hydrogens is 276 g/mol. The van der Waals surface area contributed by atoms with Crippen molar-refractivity contribution in [3.63, 3.8) is 0 Å². The number of ether oxygens (including phenoxy) is 2. The zero-order chi connectivity index (χ0) is 15.7. The molecule has 0 amide bonds. The van der Waals surface area contributed by atoms with E-state index in [0.29, 0.717) is 12.4 Å².